The van der Waals surface area contributed by atoms with Crippen LogP contribution in [-0.4, -0.2) is 76.5 Å². The number of hydrogen-bond donors (Lipinski definition) is 1. The van der Waals surface area contributed by atoms with Crippen LogP contribution >= 0.6 is 11.8 Å². The number of piperazine rings is 1. The van der Waals surface area contributed by atoms with Crippen molar-refractivity contribution in [1.29, 1.82) is 0 Å². The van der Waals surface area contributed by atoms with Gasteiger partial charge in [-0.3, -0.25) is 19.4 Å². The third-order valence-corrected chi connectivity index (χ3v) is 8.60. The van der Waals surface area contributed by atoms with Crippen LogP contribution in [0.2, 0.25) is 0 Å². The number of amidine groups is 2. The van der Waals surface area contributed by atoms with E-state index in [0.717, 1.165) is 29.9 Å². The molecule has 6 rings (SSSR count). The number of anilines is 1. The largest absolute Gasteiger partial charge is 0.368 e. The number of thioether (sulfide) groups is 1. The number of hydrogen-bond acceptors (Lipinski definition) is 7. The average molecular weight is 599 g/mol. The number of carbonyl (C=O) groups is 3. The molecular weight excluding hydrogens is 567 g/mol. The van der Waals surface area contributed by atoms with Crippen molar-refractivity contribution >= 4 is 51.9 Å². The van der Waals surface area contributed by atoms with E-state index in [1.165, 1.54) is 28.8 Å². The SMILES string of the molecule is O=C(CC[C@H]1N=C2c3ccccc3N=C(SCC(=O)N3CCN(c4ccccc4)CC3)N2C1=O)NCc1ccc(F)cc1. The fourth-order valence-electron chi connectivity index (χ4n) is 5.32. The summed E-state index contributed by atoms with van der Waals surface area (Å²) in [5.74, 6) is -0.161. The predicted octanol–water partition coefficient (Wildman–Crippen LogP) is 3.96. The van der Waals surface area contributed by atoms with Crippen molar-refractivity contribution in [3.8, 4) is 0 Å². The first-order valence-corrected chi connectivity index (χ1v) is 15.3. The molecule has 3 aromatic carbocycles. The number of carbonyl (C=O) groups excluding carboxylic acids is 3. The van der Waals surface area contributed by atoms with Crippen LogP contribution in [0.15, 0.2) is 88.8 Å². The molecule has 3 aliphatic heterocycles. The van der Waals surface area contributed by atoms with E-state index >= 15 is 0 Å². The van der Waals surface area contributed by atoms with E-state index < -0.39 is 6.04 Å². The molecule has 1 fully saturated rings. The van der Waals surface area contributed by atoms with Gasteiger partial charge in [-0.25, -0.2) is 14.3 Å². The Bertz CT molecular complexity index is 1570. The second kappa shape index (κ2) is 12.8. The molecule has 9 nitrogen and oxygen atoms in total. The van der Waals surface area contributed by atoms with Crippen molar-refractivity contribution in [1.82, 2.24) is 15.1 Å². The van der Waals surface area contributed by atoms with Gasteiger partial charge in [0.25, 0.3) is 5.91 Å². The Morgan fingerprint density at radius 2 is 1.65 bits per heavy atom. The molecule has 3 heterocycles. The summed E-state index contributed by atoms with van der Waals surface area (Å²) < 4.78 is 13.1. The average Bonchev–Trinajstić information content (AvgIpc) is 3.39. The Kier molecular flexibility index (Phi) is 8.50. The Balaban J connectivity index is 1.07. The van der Waals surface area contributed by atoms with E-state index in [9.17, 15) is 18.8 Å². The number of aliphatic imine (C=N–C) groups is 2. The van der Waals surface area contributed by atoms with Gasteiger partial charge in [0.05, 0.1) is 11.4 Å². The van der Waals surface area contributed by atoms with Crippen LogP contribution in [0.25, 0.3) is 0 Å². The second-order valence-electron chi connectivity index (χ2n) is 10.5. The van der Waals surface area contributed by atoms with Gasteiger partial charge in [-0.2, -0.15) is 0 Å². The number of nitrogens with one attached hydrogen (secondary N) is 1. The molecule has 3 amide bonds. The van der Waals surface area contributed by atoms with Gasteiger partial charge in [-0.1, -0.05) is 54.2 Å². The van der Waals surface area contributed by atoms with E-state index in [4.69, 9.17) is 9.98 Å². The van der Waals surface area contributed by atoms with E-state index in [1.54, 1.807) is 12.1 Å². The number of halogens is 1. The minimum atomic E-state index is -0.731. The summed E-state index contributed by atoms with van der Waals surface area (Å²) in [7, 11) is 0. The highest BCUT2D eigenvalue weighted by Crippen LogP contribution is 2.34. The van der Waals surface area contributed by atoms with Crippen LogP contribution in [0.1, 0.15) is 24.0 Å². The third kappa shape index (κ3) is 6.46. The number of fused-ring (bicyclic) bond motifs is 3. The molecule has 43 heavy (non-hydrogen) atoms. The first-order valence-electron chi connectivity index (χ1n) is 14.3. The Morgan fingerprint density at radius 1 is 0.930 bits per heavy atom. The van der Waals surface area contributed by atoms with Crippen molar-refractivity contribution in [3.63, 3.8) is 0 Å². The van der Waals surface area contributed by atoms with Crippen LogP contribution in [0.5, 0.6) is 0 Å². The lowest BCUT2D eigenvalue weighted by molar-refractivity contribution is -0.129. The summed E-state index contributed by atoms with van der Waals surface area (Å²) in [6, 6.07) is 22.8. The second-order valence-corrected chi connectivity index (χ2v) is 11.4. The smallest absolute Gasteiger partial charge is 0.259 e. The first-order chi connectivity index (χ1) is 21.0. The monoisotopic (exact) mass is 598 g/mol. The Hall–Kier alpha value is -4.51. The minimum absolute atomic E-state index is 0.00113. The van der Waals surface area contributed by atoms with Crippen LogP contribution in [0.3, 0.4) is 0 Å². The summed E-state index contributed by atoms with van der Waals surface area (Å²) >= 11 is 1.24. The number of benzene rings is 3. The molecule has 0 aliphatic carbocycles. The molecule has 0 unspecified atom stereocenters. The zero-order valence-corrected chi connectivity index (χ0v) is 24.3. The predicted molar refractivity (Wildman–Crippen MR) is 166 cm³/mol. The molecule has 3 aromatic rings. The van der Waals surface area contributed by atoms with E-state index in [1.807, 2.05) is 47.4 Å². The lowest BCUT2D eigenvalue weighted by atomic mass is 10.1. The summed E-state index contributed by atoms with van der Waals surface area (Å²) in [6.07, 6.45) is 0.343. The maximum atomic E-state index is 13.6. The van der Waals surface area contributed by atoms with Gasteiger partial charge in [-0.15, -0.1) is 0 Å². The van der Waals surface area contributed by atoms with Crippen molar-refractivity contribution < 1.29 is 18.8 Å². The van der Waals surface area contributed by atoms with E-state index in [-0.39, 0.29) is 48.7 Å². The molecule has 11 heteroatoms. The number of para-hydroxylation sites is 2. The quantitative estimate of drug-likeness (QED) is 0.424. The van der Waals surface area contributed by atoms with Crippen molar-refractivity contribution in [2.24, 2.45) is 9.98 Å². The number of amides is 3. The zero-order valence-electron chi connectivity index (χ0n) is 23.5. The molecule has 220 valence electrons. The van der Waals surface area contributed by atoms with E-state index in [2.05, 4.69) is 22.3 Å². The highest BCUT2D eigenvalue weighted by Gasteiger charge is 2.41. The fourth-order valence-corrected chi connectivity index (χ4v) is 6.22. The van der Waals surface area contributed by atoms with Gasteiger partial charge in [-0.05, 0) is 48.4 Å². The molecule has 0 bridgehead atoms. The third-order valence-electron chi connectivity index (χ3n) is 7.67. The topological polar surface area (TPSA) is 97.7 Å². The Labute approximate surface area is 253 Å². The number of nitrogens with zero attached hydrogens (tertiary/aromatic N) is 5. The van der Waals surface area contributed by atoms with Crippen LogP contribution in [0.4, 0.5) is 15.8 Å². The summed E-state index contributed by atoms with van der Waals surface area (Å²) in [5, 5.41) is 3.23. The van der Waals surface area contributed by atoms with E-state index in [0.29, 0.717) is 29.8 Å². The lowest BCUT2D eigenvalue weighted by Gasteiger charge is -2.36. The van der Waals surface area contributed by atoms with Crippen LogP contribution in [0, 0.1) is 5.82 Å². The van der Waals surface area contributed by atoms with Gasteiger partial charge in [0.2, 0.25) is 11.8 Å². The molecule has 0 spiro atoms. The highest BCUT2D eigenvalue weighted by atomic mass is 32.2. The van der Waals surface area contributed by atoms with Crippen molar-refractivity contribution in [2.75, 3.05) is 36.8 Å². The normalized spacial score (nSPS) is 17.7. The molecule has 1 atom stereocenters. The molecule has 3 aliphatic rings. The van der Waals surface area contributed by atoms with Gasteiger partial charge in [0.15, 0.2) is 5.17 Å². The maximum Gasteiger partial charge on any atom is 0.259 e. The highest BCUT2D eigenvalue weighted by molar-refractivity contribution is 8.14. The van der Waals surface area contributed by atoms with Gasteiger partial charge in [0, 0.05) is 50.4 Å². The molecule has 1 saturated heterocycles. The van der Waals surface area contributed by atoms with Gasteiger partial charge >= 0.3 is 0 Å². The molecule has 0 radical (unpaired) electrons. The lowest BCUT2D eigenvalue weighted by Crippen LogP contribution is -2.49. The van der Waals surface area contributed by atoms with Crippen LogP contribution < -0.4 is 10.2 Å². The summed E-state index contributed by atoms with van der Waals surface area (Å²) in [4.78, 5) is 54.3. The maximum absolute atomic E-state index is 13.6. The molecule has 0 saturated carbocycles. The fraction of sp³-hybridized carbons (Fsp3) is 0.281. The van der Waals surface area contributed by atoms with Crippen molar-refractivity contribution in [3.05, 3.63) is 95.8 Å². The molecular formula is C32H31FN6O3S. The summed E-state index contributed by atoms with van der Waals surface area (Å²) in [6.45, 7) is 3.05. The van der Waals surface area contributed by atoms with Gasteiger partial charge in [0.1, 0.15) is 17.7 Å². The van der Waals surface area contributed by atoms with Gasteiger partial charge < -0.3 is 15.1 Å². The standard InChI is InChI=1S/C32H31FN6O3S/c33-23-12-10-22(11-13-23)20-34-28(40)15-14-27-31(42)39-30(35-27)25-8-4-5-9-26(25)36-32(39)43-21-29(41)38-18-16-37(17-19-38)24-6-2-1-3-7-24/h1-13,27H,14-21H2,(H,34,40)/t27-/m1/s1. The molecule has 0 aromatic heterocycles. The zero-order chi connectivity index (χ0) is 29.8. The number of rotatable bonds is 8. The molecule has 1 N–H and O–H groups in total. The van der Waals surface area contributed by atoms with Crippen LogP contribution in [-0.2, 0) is 20.9 Å². The minimum Gasteiger partial charge on any atom is -0.368 e. The Morgan fingerprint density at radius 3 is 2.42 bits per heavy atom. The summed E-state index contributed by atoms with van der Waals surface area (Å²) in [5.41, 5.74) is 3.37. The van der Waals surface area contributed by atoms with Crippen molar-refractivity contribution in [2.45, 2.75) is 25.4 Å². The first kappa shape index (κ1) is 28.6.